The summed E-state index contributed by atoms with van der Waals surface area (Å²) in [5.74, 6) is 0.323. The summed E-state index contributed by atoms with van der Waals surface area (Å²) in [5.41, 5.74) is 1.65. The molecule has 1 fully saturated rings. The Kier molecular flexibility index (Phi) is 5.20. The summed E-state index contributed by atoms with van der Waals surface area (Å²) in [6, 6.07) is 13.9. The minimum Gasteiger partial charge on any atom is -0.338 e. The van der Waals surface area contributed by atoms with Crippen LogP contribution in [0.3, 0.4) is 0 Å². The predicted molar refractivity (Wildman–Crippen MR) is 111 cm³/mol. The molecule has 6 heteroatoms. The molecule has 0 bridgehead atoms. The van der Waals surface area contributed by atoms with E-state index < -0.39 is 0 Å². The van der Waals surface area contributed by atoms with Gasteiger partial charge in [0.25, 0.3) is 5.91 Å². The fourth-order valence-corrected chi connectivity index (χ4v) is 5.12. The Morgan fingerprint density at radius 2 is 2.15 bits per heavy atom. The van der Waals surface area contributed by atoms with Crippen molar-refractivity contribution in [1.29, 1.82) is 0 Å². The van der Waals surface area contributed by atoms with Crippen molar-refractivity contribution in [3.05, 3.63) is 58.1 Å². The van der Waals surface area contributed by atoms with E-state index in [2.05, 4.69) is 12.1 Å². The molecule has 26 heavy (non-hydrogen) atoms. The van der Waals surface area contributed by atoms with Crippen LogP contribution in [0.5, 0.6) is 0 Å². The van der Waals surface area contributed by atoms with Crippen LogP contribution in [0.1, 0.15) is 34.1 Å². The number of fused-ring (bicyclic) bond motifs is 1. The van der Waals surface area contributed by atoms with Gasteiger partial charge in [0.05, 0.1) is 25.8 Å². The highest BCUT2D eigenvalue weighted by atomic mass is 35.5. The van der Waals surface area contributed by atoms with E-state index in [1.807, 2.05) is 41.5 Å². The molecule has 134 valence electrons. The highest BCUT2D eigenvalue weighted by molar-refractivity contribution is 7.98. The minimum atomic E-state index is 0.0247. The van der Waals surface area contributed by atoms with Crippen LogP contribution in [0.15, 0.2) is 47.4 Å². The van der Waals surface area contributed by atoms with Gasteiger partial charge in [-0.25, -0.2) is 4.98 Å². The number of likely N-dealkylation sites (tertiary alicyclic amines) is 1. The molecule has 2 aromatic carbocycles. The zero-order valence-corrected chi connectivity index (χ0v) is 16.8. The Morgan fingerprint density at radius 3 is 2.96 bits per heavy atom. The fraction of sp³-hybridized carbons (Fsp3) is 0.300. The molecule has 4 rings (SSSR count). The lowest BCUT2D eigenvalue weighted by Gasteiger charge is -2.32. The highest BCUT2D eigenvalue weighted by Crippen LogP contribution is 2.34. The maximum Gasteiger partial charge on any atom is 0.255 e. The first-order chi connectivity index (χ1) is 12.7. The van der Waals surface area contributed by atoms with E-state index in [1.165, 1.54) is 4.70 Å². The number of aromatic nitrogens is 1. The second-order valence-corrected chi connectivity index (χ2v) is 8.81. The van der Waals surface area contributed by atoms with Gasteiger partial charge in [0, 0.05) is 23.9 Å². The van der Waals surface area contributed by atoms with E-state index in [-0.39, 0.29) is 5.91 Å². The first kappa shape index (κ1) is 17.8. The molecule has 0 unspecified atom stereocenters. The summed E-state index contributed by atoms with van der Waals surface area (Å²) in [5, 5.41) is 1.66. The topological polar surface area (TPSA) is 33.2 Å². The SMILES string of the molecule is CSc1ccc(Cl)c(C(=O)N2CCC[C@H](c3nc4ccccc4s3)C2)c1. The number of nitrogens with zero attached hydrogens (tertiary/aromatic N) is 2. The molecule has 0 aliphatic carbocycles. The molecule has 1 aliphatic rings. The average Bonchev–Trinajstić information content (AvgIpc) is 3.12. The molecule has 3 nitrogen and oxygen atoms in total. The quantitative estimate of drug-likeness (QED) is 0.527. The molecule has 1 amide bonds. The Balaban J connectivity index is 1.57. The summed E-state index contributed by atoms with van der Waals surface area (Å²) < 4.78 is 1.21. The van der Waals surface area contributed by atoms with Crippen LogP contribution >= 0.6 is 34.7 Å². The van der Waals surface area contributed by atoms with Gasteiger partial charge in [-0.2, -0.15) is 0 Å². The lowest BCUT2D eigenvalue weighted by Crippen LogP contribution is -2.39. The first-order valence-electron chi connectivity index (χ1n) is 8.64. The number of para-hydroxylation sites is 1. The highest BCUT2D eigenvalue weighted by Gasteiger charge is 2.28. The molecule has 1 aliphatic heterocycles. The lowest BCUT2D eigenvalue weighted by molar-refractivity contribution is 0.0707. The van der Waals surface area contributed by atoms with Crippen molar-refractivity contribution in [2.75, 3.05) is 19.3 Å². The van der Waals surface area contributed by atoms with Crippen molar-refractivity contribution in [2.45, 2.75) is 23.7 Å². The van der Waals surface area contributed by atoms with Gasteiger partial charge in [-0.3, -0.25) is 4.79 Å². The molecular weight excluding hydrogens is 384 g/mol. The van der Waals surface area contributed by atoms with Crippen molar-refractivity contribution in [3.8, 4) is 0 Å². The van der Waals surface area contributed by atoms with E-state index in [1.54, 1.807) is 23.1 Å². The molecule has 1 saturated heterocycles. The van der Waals surface area contributed by atoms with E-state index >= 15 is 0 Å². The van der Waals surface area contributed by atoms with Gasteiger partial charge in [-0.15, -0.1) is 23.1 Å². The Hall–Kier alpha value is -1.56. The zero-order valence-electron chi connectivity index (χ0n) is 14.4. The van der Waals surface area contributed by atoms with Gasteiger partial charge < -0.3 is 4.90 Å². The van der Waals surface area contributed by atoms with E-state index in [4.69, 9.17) is 16.6 Å². The second kappa shape index (κ2) is 7.59. The Bertz CT molecular complexity index is 923. The third-order valence-corrected chi connectivity index (χ3v) is 7.03. The smallest absolute Gasteiger partial charge is 0.255 e. The molecule has 1 atom stereocenters. The number of benzene rings is 2. The molecule has 0 radical (unpaired) electrons. The summed E-state index contributed by atoms with van der Waals surface area (Å²) in [6.07, 6.45) is 4.07. The lowest BCUT2D eigenvalue weighted by atomic mass is 9.98. The number of rotatable bonds is 3. The van der Waals surface area contributed by atoms with Crippen LogP contribution in [0.4, 0.5) is 0 Å². The van der Waals surface area contributed by atoms with E-state index in [0.29, 0.717) is 23.0 Å². The fourth-order valence-electron chi connectivity index (χ4n) is 3.39. The van der Waals surface area contributed by atoms with Gasteiger partial charge in [0.1, 0.15) is 0 Å². The van der Waals surface area contributed by atoms with Crippen LogP contribution in [0.2, 0.25) is 5.02 Å². The third-order valence-electron chi connectivity index (χ3n) is 4.77. The Morgan fingerprint density at radius 1 is 1.31 bits per heavy atom. The number of carbonyl (C=O) groups is 1. The maximum absolute atomic E-state index is 13.1. The summed E-state index contributed by atoms with van der Waals surface area (Å²) >= 11 is 9.67. The van der Waals surface area contributed by atoms with Crippen LogP contribution in [-0.4, -0.2) is 35.1 Å². The monoisotopic (exact) mass is 402 g/mol. The van der Waals surface area contributed by atoms with Gasteiger partial charge in [-0.05, 0) is 49.4 Å². The summed E-state index contributed by atoms with van der Waals surface area (Å²) in [6.45, 7) is 1.48. The number of piperidine rings is 1. The van der Waals surface area contributed by atoms with Gasteiger partial charge >= 0.3 is 0 Å². The normalized spacial score (nSPS) is 17.6. The summed E-state index contributed by atoms with van der Waals surface area (Å²) in [7, 11) is 0. The number of thiazole rings is 1. The van der Waals surface area contributed by atoms with Crippen molar-refractivity contribution >= 4 is 50.8 Å². The van der Waals surface area contributed by atoms with Crippen molar-refractivity contribution in [1.82, 2.24) is 9.88 Å². The van der Waals surface area contributed by atoms with Crippen molar-refractivity contribution in [2.24, 2.45) is 0 Å². The average molecular weight is 403 g/mol. The molecule has 1 aromatic heterocycles. The van der Waals surface area contributed by atoms with Gasteiger partial charge in [0.2, 0.25) is 0 Å². The van der Waals surface area contributed by atoms with Crippen LogP contribution in [-0.2, 0) is 0 Å². The molecule has 2 heterocycles. The molecule has 0 N–H and O–H groups in total. The van der Waals surface area contributed by atoms with Crippen molar-refractivity contribution in [3.63, 3.8) is 0 Å². The van der Waals surface area contributed by atoms with Gasteiger partial charge in [0.15, 0.2) is 0 Å². The predicted octanol–water partition coefficient (Wildman–Crippen LogP) is 5.69. The molecule has 0 spiro atoms. The number of thioether (sulfide) groups is 1. The van der Waals surface area contributed by atoms with E-state index in [9.17, 15) is 4.79 Å². The standard InChI is InChI=1S/C20H19ClN2OS2/c1-25-14-8-9-16(21)15(11-14)20(24)23-10-4-5-13(12-23)19-22-17-6-2-3-7-18(17)26-19/h2-3,6-9,11,13H,4-5,10,12H2,1H3/t13-/m0/s1. The number of hydrogen-bond donors (Lipinski definition) is 0. The zero-order chi connectivity index (χ0) is 18.1. The number of amides is 1. The largest absolute Gasteiger partial charge is 0.338 e. The van der Waals surface area contributed by atoms with Crippen LogP contribution in [0.25, 0.3) is 10.2 Å². The Labute approximate surface area is 166 Å². The van der Waals surface area contributed by atoms with E-state index in [0.717, 1.165) is 34.8 Å². The second-order valence-electron chi connectivity index (χ2n) is 6.46. The number of hydrogen-bond acceptors (Lipinski definition) is 4. The number of halogens is 1. The molecule has 0 saturated carbocycles. The minimum absolute atomic E-state index is 0.0247. The summed E-state index contributed by atoms with van der Waals surface area (Å²) in [4.78, 5) is 20.8. The number of carbonyl (C=O) groups excluding carboxylic acids is 1. The maximum atomic E-state index is 13.1. The van der Waals surface area contributed by atoms with Crippen molar-refractivity contribution < 1.29 is 4.79 Å². The van der Waals surface area contributed by atoms with Crippen LogP contribution < -0.4 is 0 Å². The third kappa shape index (κ3) is 3.48. The first-order valence-corrected chi connectivity index (χ1v) is 11.1. The molecular formula is C20H19ClN2OS2. The van der Waals surface area contributed by atoms with Gasteiger partial charge in [-0.1, -0.05) is 23.7 Å². The van der Waals surface area contributed by atoms with Crippen LogP contribution in [0, 0.1) is 0 Å². The molecule has 3 aromatic rings.